The number of hydrogen-bond donors (Lipinski definition) is 1. The van der Waals surface area contributed by atoms with E-state index in [1.165, 1.54) is 0 Å². The highest BCUT2D eigenvalue weighted by Crippen LogP contribution is 2.26. The van der Waals surface area contributed by atoms with Crippen LogP contribution in [0.5, 0.6) is 5.75 Å². The van der Waals surface area contributed by atoms with E-state index in [2.05, 4.69) is 10.3 Å². The number of nitrogens with zero attached hydrogens (tertiary/aromatic N) is 2. The Labute approximate surface area is 141 Å². The molecular formula is C19H21N3O2. The van der Waals surface area contributed by atoms with Crippen LogP contribution < -0.4 is 10.1 Å². The number of fused-ring (bicyclic) bond motifs is 1. The predicted octanol–water partition coefficient (Wildman–Crippen LogP) is 3.77. The first-order valence-corrected chi connectivity index (χ1v) is 7.97. The monoisotopic (exact) mass is 323 g/mol. The van der Waals surface area contributed by atoms with Gasteiger partial charge in [-0.3, -0.25) is 9.20 Å². The third kappa shape index (κ3) is 2.85. The molecule has 5 nitrogen and oxygen atoms in total. The van der Waals surface area contributed by atoms with E-state index in [9.17, 15) is 4.79 Å². The number of anilines is 1. The smallest absolute Gasteiger partial charge is 0.274 e. The standard InChI is InChI=1S/C19H21N3O2/c1-5-14-18(22-11-13(3)7-9-17(22)20-14)19(23)21-15-10-12(2)6-8-16(15)24-4/h6-11H,5H2,1-4H3,(H,21,23). The molecule has 1 amide bonds. The van der Waals surface area contributed by atoms with Crippen LogP contribution in [0.2, 0.25) is 0 Å². The number of pyridine rings is 1. The third-order valence-electron chi connectivity index (χ3n) is 3.99. The number of hydrogen-bond acceptors (Lipinski definition) is 3. The topological polar surface area (TPSA) is 55.6 Å². The van der Waals surface area contributed by atoms with Gasteiger partial charge >= 0.3 is 0 Å². The molecular weight excluding hydrogens is 302 g/mol. The zero-order valence-electron chi connectivity index (χ0n) is 14.4. The average molecular weight is 323 g/mol. The number of methoxy groups -OCH3 is 1. The van der Waals surface area contributed by atoms with Crippen LogP contribution in [0.4, 0.5) is 5.69 Å². The Hall–Kier alpha value is -2.82. The number of imidazole rings is 1. The molecule has 0 atom stereocenters. The molecule has 0 aliphatic heterocycles. The Morgan fingerprint density at radius 1 is 1.21 bits per heavy atom. The van der Waals surface area contributed by atoms with E-state index in [-0.39, 0.29) is 5.91 Å². The lowest BCUT2D eigenvalue weighted by Crippen LogP contribution is -2.17. The molecule has 1 aromatic carbocycles. The minimum atomic E-state index is -0.186. The van der Waals surface area contributed by atoms with Crippen LogP contribution in [0.3, 0.4) is 0 Å². The van der Waals surface area contributed by atoms with Gasteiger partial charge in [0.15, 0.2) is 0 Å². The Bertz CT molecular complexity index is 912. The van der Waals surface area contributed by atoms with Crippen LogP contribution in [0, 0.1) is 13.8 Å². The van der Waals surface area contributed by atoms with Crippen LogP contribution >= 0.6 is 0 Å². The van der Waals surface area contributed by atoms with E-state index < -0.39 is 0 Å². The van der Waals surface area contributed by atoms with Crippen LogP contribution in [0.1, 0.15) is 34.2 Å². The van der Waals surface area contributed by atoms with Crippen molar-refractivity contribution in [2.45, 2.75) is 27.2 Å². The fourth-order valence-electron chi connectivity index (χ4n) is 2.79. The minimum Gasteiger partial charge on any atom is -0.495 e. The van der Waals surface area contributed by atoms with Gasteiger partial charge in [0, 0.05) is 6.20 Å². The van der Waals surface area contributed by atoms with Crippen molar-refractivity contribution in [2.24, 2.45) is 0 Å². The number of carbonyl (C=O) groups is 1. The molecule has 0 radical (unpaired) electrons. The fourth-order valence-corrected chi connectivity index (χ4v) is 2.79. The lowest BCUT2D eigenvalue weighted by Gasteiger charge is -2.11. The maximum atomic E-state index is 12.9. The molecule has 0 bridgehead atoms. The first kappa shape index (κ1) is 16.1. The second-order valence-corrected chi connectivity index (χ2v) is 5.85. The summed E-state index contributed by atoms with van der Waals surface area (Å²) in [6.07, 6.45) is 2.62. The van der Waals surface area contributed by atoms with Crippen LogP contribution in [-0.2, 0) is 6.42 Å². The van der Waals surface area contributed by atoms with Crippen molar-refractivity contribution in [3.05, 3.63) is 59.0 Å². The highest BCUT2D eigenvalue weighted by atomic mass is 16.5. The average Bonchev–Trinajstić information content (AvgIpc) is 2.92. The Morgan fingerprint density at radius 2 is 1.96 bits per heavy atom. The first-order valence-electron chi connectivity index (χ1n) is 7.97. The maximum Gasteiger partial charge on any atom is 0.274 e. The normalized spacial score (nSPS) is 10.8. The number of ether oxygens (including phenoxy) is 1. The highest BCUT2D eigenvalue weighted by Gasteiger charge is 2.19. The van der Waals surface area contributed by atoms with Crippen molar-refractivity contribution < 1.29 is 9.53 Å². The van der Waals surface area contributed by atoms with Crippen molar-refractivity contribution in [1.29, 1.82) is 0 Å². The van der Waals surface area contributed by atoms with E-state index in [4.69, 9.17) is 4.74 Å². The van der Waals surface area contributed by atoms with Gasteiger partial charge in [-0.05, 0) is 49.6 Å². The van der Waals surface area contributed by atoms with Crippen LogP contribution in [0.25, 0.3) is 5.65 Å². The minimum absolute atomic E-state index is 0.186. The maximum absolute atomic E-state index is 12.9. The summed E-state index contributed by atoms with van der Waals surface area (Å²) in [7, 11) is 1.59. The Morgan fingerprint density at radius 3 is 2.67 bits per heavy atom. The predicted molar refractivity (Wildman–Crippen MR) is 95.0 cm³/mol. The summed E-state index contributed by atoms with van der Waals surface area (Å²) in [5, 5.41) is 2.97. The third-order valence-corrected chi connectivity index (χ3v) is 3.99. The second kappa shape index (κ2) is 6.35. The first-order chi connectivity index (χ1) is 11.5. The van der Waals surface area contributed by atoms with Gasteiger partial charge in [-0.25, -0.2) is 4.98 Å². The SMILES string of the molecule is CCc1nc2ccc(C)cn2c1C(=O)Nc1cc(C)ccc1OC. The van der Waals surface area contributed by atoms with Gasteiger partial charge in [0.05, 0.1) is 18.5 Å². The number of benzene rings is 1. The summed E-state index contributed by atoms with van der Waals surface area (Å²) in [4.78, 5) is 17.5. The van der Waals surface area contributed by atoms with Gasteiger partial charge in [-0.1, -0.05) is 19.1 Å². The second-order valence-electron chi connectivity index (χ2n) is 5.85. The number of nitrogens with one attached hydrogen (secondary N) is 1. The van der Waals surface area contributed by atoms with E-state index in [1.54, 1.807) is 7.11 Å². The summed E-state index contributed by atoms with van der Waals surface area (Å²) in [6.45, 7) is 5.97. The van der Waals surface area contributed by atoms with E-state index in [0.717, 1.165) is 22.5 Å². The van der Waals surface area contributed by atoms with Gasteiger partial charge in [-0.2, -0.15) is 0 Å². The quantitative estimate of drug-likeness (QED) is 0.795. The summed E-state index contributed by atoms with van der Waals surface area (Å²) in [6, 6.07) is 9.62. The molecule has 3 rings (SSSR count). The number of rotatable bonds is 4. The highest BCUT2D eigenvalue weighted by molar-refractivity contribution is 6.05. The molecule has 0 aliphatic rings. The molecule has 24 heavy (non-hydrogen) atoms. The lowest BCUT2D eigenvalue weighted by atomic mass is 10.2. The summed E-state index contributed by atoms with van der Waals surface area (Å²) < 4.78 is 7.20. The molecule has 3 aromatic rings. The molecule has 0 spiro atoms. The fraction of sp³-hybridized carbons (Fsp3) is 0.263. The van der Waals surface area contributed by atoms with Gasteiger partial charge in [0.1, 0.15) is 17.1 Å². The Kier molecular flexibility index (Phi) is 4.25. The van der Waals surface area contributed by atoms with Crippen molar-refractivity contribution in [1.82, 2.24) is 9.38 Å². The molecule has 124 valence electrons. The van der Waals surface area contributed by atoms with Crippen LogP contribution in [-0.4, -0.2) is 22.4 Å². The largest absolute Gasteiger partial charge is 0.495 e. The summed E-state index contributed by atoms with van der Waals surface area (Å²) in [5.41, 5.74) is 4.91. The molecule has 0 aliphatic carbocycles. The van der Waals surface area contributed by atoms with Crippen molar-refractivity contribution in [3.8, 4) is 5.75 Å². The number of aryl methyl sites for hydroxylation is 3. The molecule has 0 fully saturated rings. The van der Waals surface area contributed by atoms with E-state index in [0.29, 0.717) is 23.6 Å². The summed E-state index contributed by atoms with van der Waals surface area (Å²) >= 11 is 0. The zero-order chi connectivity index (χ0) is 17.3. The molecule has 5 heteroatoms. The van der Waals surface area contributed by atoms with Crippen LogP contribution in [0.15, 0.2) is 36.5 Å². The van der Waals surface area contributed by atoms with Gasteiger partial charge in [0.25, 0.3) is 5.91 Å². The molecule has 1 N–H and O–H groups in total. The summed E-state index contributed by atoms with van der Waals surface area (Å²) in [5.74, 6) is 0.450. The van der Waals surface area contributed by atoms with Gasteiger partial charge in [0.2, 0.25) is 0 Å². The lowest BCUT2D eigenvalue weighted by molar-refractivity contribution is 0.102. The molecule has 0 saturated carbocycles. The molecule has 0 unspecified atom stereocenters. The molecule has 0 saturated heterocycles. The number of aromatic nitrogens is 2. The van der Waals surface area contributed by atoms with Crippen molar-refractivity contribution >= 4 is 17.2 Å². The number of amides is 1. The van der Waals surface area contributed by atoms with Gasteiger partial charge < -0.3 is 10.1 Å². The number of carbonyl (C=O) groups excluding carboxylic acids is 1. The van der Waals surface area contributed by atoms with Crippen molar-refractivity contribution in [3.63, 3.8) is 0 Å². The van der Waals surface area contributed by atoms with E-state index in [1.807, 2.05) is 61.7 Å². The zero-order valence-corrected chi connectivity index (χ0v) is 14.4. The van der Waals surface area contributed by atoms with Gasteiger partial charge in [-0.15, -0.1) is 0 Å². The molecule has 2 heterocycles. The van der Waals surface area contributed by atoms with E-state index >= 15 is 0 Å². The van der Waals surface area contributed by atoms with Crippen molar-refractivity contribution in [2.75, 3.05) is 12.4 Å². The Balaban J connectivity index is 2.06. The molecule has 2 aromatic heterocycles.